The van der Waals surface area contributed by atoms with Gasteiger partial charge in [-0.05, 0) is 24.3 Å². The van der Waals surface area contributed by atoms with Crippen molar-refractivity contribution in [1.29, 1.82) is 10.5 Å². The van der Waals surface area contributed by atoms with Gasteiger partial charge in [0.25, 0.3) is 5.91 Å². The van der Waals surface area contributed by atoms with Crippen molar-refractivity contribution >= 4 is 17.5 Å². The lowest BCUT2D eigenvalue weighted by Gasteiger charge is -1.94. The van der Waals surface area contributed by atoms with Crippen molar-refractivity contribution in [2.75, 3.05) is 5.73 Å². The lowest BCUT2D eigenvalue weighted by molar-refractivity contribution is 0.0995. The molecule has 1 aromatic carbocycles. The van der Waals surface area contributed by atoms with E-state index in [0.29, 0.717) is 0 Å². The summed E-state index contributed by atoms with van der Waals surface area (Å²) in [6.45, 7) is 0. The van der Waals surface area contributed by atoms with Gasteiger partial charge >= 0.3 is 0 Å². The molecule has 2 aromatic rings. The second-order valence-corrected chi connectivity index (χ2v) is 3.91. The number of hydrogen-bond donors (Lipinski definition) is 3. The minimum absolute atomic E-state index is 0.0138. The molecule has 21 heavy (non-hydrogen) atoms. The maximum absolute atomic E-state index is 11.8. The van der Waals surface area contributed by atoms with Crippen LogP contribution in [0, 0.1) is 22.7 Å². The molecule has 1 heterocycles. The highest BCUT2D eigenvalue weighted by molar-refractivity contribution is 5.94. The second-order valence-electron chi connectivity index (χ2n) is 3.91. The van der Waals surface area contributed by atoms with E-state index < -0.39 is 5.91 Å². The van der Waals surface area contributed by atoms with Crippen LogP contribution < -0.4 is 5.73 Å². The van der Waals surface area contributed by atoms with E-state index in [1.807, 2.05) is 0 Å². The molecular formula is C13H8N6O2. The van der Waals surface area contributed by atoms with Crippen molar-refractivity contribution in [3.8, 4) is 17.9 Å². The molecule has 4 N–H and O–H groups in total. The van der Waals surface area contributed by atoms with Gasteiger partial charge in [0.05, 0.1) is 0 Å². The van der Waals surface area contributed by atoms with Crippen LogP contribution >= 0.6 is 0 Å². The van der Waals surface area contributed by atoms with Gasteiger partial charge in [-0.2, -0.15) is 10.5 Å². The molecule has 8 nitrogen and oxygen atoms in total. The molecule has 0 aliphatic carbocycles. The van der Waals surface area contributed by atoms with Crippen molar-refractivity contribution in [2.45, 2.75) is 0 Å². The number of anilines is 1. The van der Waals surface area contributed by atoms with E-state index in [2.05, 4.69) is 15.2 Å². The number of nitrogens with one attached hydrogen (secondary N) is 1. The summed E-state index contributed by atoms with van der Waals surface area (Å²) in [5.74, 6) is -0.713. The maximum Gasteiger partial charge on any atom is 0.295 e. The van der Waals surface area contributed by atoms with Crippen molar-refractivity contribution in [3.63, 3.8) is 0 Å². The van der Waals surface area contributed by atoms with Crippen LogP contribution in [0.1, 0.15) is 21.5 Å². The lowest BCUT2D eigenvalue weighted by Crippen LogP contribution is -1.92. The summed E-state index contributed by atoms with van der Waals surface area (Å²) in [6.07, 6.45) is 0. The molecule has 0 bridgehead atoms. The van der Waals surface area contributed by atoms with E-state index >= 15 is 0 Å². The highest BCUT2D eigenvalue weighted by Crippen LogP contribution is 2.26. The standard InChI is InChI=1S/C13H8N6O2/c14-5-9-10(6-15)12(17-11(9)16)18-19-13(21)7-1-3-8(20)4-2-7/h1-4,17,20H,16H2. The Morgan fingerprint density at radius 3 is 2.38 bits per heavy atom. The van der Waals surface area contributed by atoms with Gasteiger partial charge in [-0.1, -0.05) is 0 Å². The first-order chi connectivity index (χ1) is 10.1. The number of aromatic hydroxyl groups is 1. The van der Waals surface area contributed by atoms with Crippen LogP contribution in [0.2, 0.25) is 0 Å². The topological polar surface area (TPSA) is 151 Å². The number of phenols is 1. The minimum atomic E-state index is -0.662. The highest BCUT2D eigenvalue weighted by atomic mass is 16.3. The molecule has 0 atom stereocenters. The fourth-order valence-electron chi connectivity index (χ4n) is 1.56. The summed E-state index contributed by atoms with van der Waals surface area (Å²) in [5.41, 5.74) is 5.63. The van der Waals surface area contributed by atoms with Gasteiger partial charge in [-0.3, -0.25) is 4.79 Å². The predicted octanol–water partition coefficient (Wildman–Crippen LogP) is 1.97. The molecule has 0 saturated carbocycles. The number of nitrogens with zero attached hydrogens (tertiary/aromatic N) is 4. The number of amides is 1. The number of aromatic amines is 1. The summed E-state index contributed by atoms with van der Waals surface area (Å²) in [7, 11) is 0. The summed E-state index contributed by atoms with van der Waals surface area (Å²) in [4.78, 5) is 14.3. The number of nitrogen functional groups attached to an aromatic ring is 1. The van der Waals surface area contributed by atoms with Gasteiger partial charge < -0.3 is 15.8 Å². The number of carbonyl (C=O) groups excluding carboxylic acids is 1. The van der Waals surface area contributed by atoms with Gasteiger partial charge in [-0.25, -0.2) is 0 Å². The second kappa shape index (κ2) is 5.55. The third-order valence-corrected chi connectivity index (χ3v) is 2.59. The van der Waals surface area contributed by atoms with Crippen molar-refractivity contribution < 1.29 is 9.90 Å². The third-order valence-electron chi connectivity index (χ3n) is 2.59. The average molecular weight is 280 g/mol. The fourth-order valence-corrected chi connectivity index (χ4v) is 1.56. The van der Waals surface area contributed by atoms with E-state index in [0.717, 1.165) is 0 Å². The van der Waals surface area contributed by atoms with E-state index in [1.165, 1.54) is 24.3 Å². The maximum atomic E-state index is 11.8. The number of carbonyl (C=O) groups is 1. The molecule has 0 unspecified atom stereocenters. The van der Waals surface area contributed by atoms with Gasteiger partial charge in [0, 0.05) is 5.56 Å². The van der Waals surface area contributed by atoms with Crippen LogP contribution in [-0.2, 0) is 0 Å². The smallest absolute Gasteiger partial charge is 0.295 e. The Balaban J connectivity index is 2.30. The quantitative estimate of drug-likeness (QED) is 0.718. The summed E-state index contributed by atoms with van der Waals surface area (Å²) in [5, 5.41) is 34.0. The number of rotatable bonds is 2. The number of azo groups is 1. The lowest BCUT2D eigenvalue weighted by atomic mass is 10.2. The van der Waals surface area contributed by atoms with Crippen LogP contribution in [0.25, 0.3) is 0 Å². The minimum Gasteiger partial charge on any atom is -0.508 e. The van der Waals surface area contributed by atoms with Crippen LogP contribution in [0.15, 0.2) is 34.5 Å². The summed E-state index contributed by atoms with van der Waals surface area (Å²) in [6, 6.07) is 8.98. The highest BCUT2D eigenvalue weighted by Gasteiger charge is 2.15. The molecule has 0 radical (unpaired) electrons. The zero-order valence-corrected chi connectivity index (χ0v) is 10.5. The molecule has 102 valence electrons. The molecule has 1 aromatic heterocycles. The zero-order valence-electron chi connectivity index (χ0n) is 10.5. The van der Waals surface area contributed by atoms with Crippen LogP contribution in [0.4, 0.5) is 11.6 Å². The Morgan fingerprint density at radius 1 is 1.19 bits per heavy atom. The Hall–Kier alpha value is -3.65. The first-order valence-electron chi connectivity index (χ1n) is 5.63. The first-order valence-corrected chi connectivity index (χ1v) is 5.63. The molecule has 0 aliphatic heterocycles. The van der Waals surface area contributed by atoms with Crippen LogP contribution in [0.3, 0.4) is 0 Å². The number of aromatic nitrogens is 1. The fraction of sp³-hybridized carbons (Fsp3) is 0. The summed E-state index contributed by atoms with van der Waals surface area (Å²) >= 11 is 0. The van der Waals surface area contributed by atoms with Gasteiger partial charge in [0.15, 0.2) is 5.82 Å². The third kappa shape index (κ3) is 2.69. The van der Waals surface area contributed by atoms with Crippen LogP contribution in [0.5, 0.6) is 5.75 Å². The number of nitrogens with two attached hydrogens (primary N) is 1. The molecule has 8 heteroatoms. The van der Waals surface area contributed by atoms with E-state index in [9.17, 15) is 4.79 Å². The van der Waals surface area contributed by atoms with Crippen molar-refractivity contribution in [1.82, 2.24) is 4.98 Å². The monoisotopic (exact) mass is 280 g/mol. The first kappa shape index (κ1) is 13.8. The molecule has 2 rings (SSSR count). The van der Waals surface area contributed by atoms with E-state index in [1.54, 1.807) is 12.1 Å². The summed E-state index contributed by atoms with van der Waals surface area (Å²) < 4.78 is 0. The Morgan fingerprint density at radius 2 is 1.81 bits per heavy atom. The molecule has 1 amide bonds. The Kier molecular flexibility index (Phi) is 3.64. The van der Waals surface area contributed by atoms with Gasteiger partial charge in [0.1, 0.15) is 34.8 Å². The normalized spacial score (nSPS) is 10.2. The SMILES string of the molecule is N#Cc1c(N)[nH]c(N=NC(=O)c2ccc(O)cc2)c1C#N. The van der Waals surface area contributed by atoms with Gasteiger partial charge in [-0.15, -0.1) is 10.2 Å². The van der Waals surface area contributed by atoms with E-state index in [4.69, 9.17) is 21.4 Å². The number of hydrogen-bond acceptors (Lipinski definition) is 6. The van der Waals surface area contributed by atoms with Crippen molar-refractivity contribution in [3.05, 3.63) is 41.0 Å². The molecule has 0 aliphatic rings. The number of nitriles is 2. The molecule has 0 fully saturated rings. The molecular weight excluding hydrogens is 272 g/mol. The van der Waals surface area contributed by atoms with Crippen molar-refractivity contribution in [2.24, 2.45) is 10.2 Å². The zero-order chi connectivity index (χ0) is 15.4. The Bertz CT molecular complexity index is 805. The Labute approximate surface area is 118 Å². The number of H-pyrrole nitrogens is 1. The largest absolute Gasteiger partial charge is 0.508 e. The molecule has 0 saturated heterocycles. The molecule has 0 spiro atoms. The predicted molar refractivity (Wildman–Crippen MR) is 71.6 cm³/mol. The number of phenolic OH excluding ortho intramolecular Hbond substituents is 1. The van der Waals surface area contributed by atoms with E-state index in [-0.39, 0.29) is 34.1 Å². The van der Waals surface area contributed by atoms with Crippen LogP contribution in [-0.4, -0.2) is 16.0 Å². The average Bonchev–Trinajstić information content (AvgIpc) is 2.80. The number of benzene rings is 1. The van der Waals surface area contributed by atoms with Gasteiger partial charge in [0.2, 0.25) is 0 Å².